The van der Waals surface area contributed by atoms with Crippen molar-refractivity contribution in [2.75, 3.05) is 0 Å². The Hall–Kier alpha value is -4.41. The average Bonchev–Trinajstić information content (AvgIpc) is 3.12. The van der Waals surface area contributed by atoms with Crippen LogP contribution < -0.4 is 0 Å². The van der Waals surface area contributed by atoms with Crippen LogP contribution in [0.4, 0.5) is 4.39 Å². The molecule has 0 unspecified atom stereocenters. The third kappa shape index (κ3) is 2.64. The fourth-order valence-electron chi connectivity index (χ4n) is 4.08. The molecule has 0 aliphatic rings. The van der Waals surface area contributed by atoms with Crippen LogP contribution in [0.5, 0.6) is 0 Å². The van der Waals surface area contributed by atoms with Crippen molar-refractivity contribution in [3.8, 4) is 29.0 Å². The van der Waals surface area contributed by atoms with Crippen molar-refractivity contribution in [1.29, 1.82) is 10.5 Å². The first kappa shape index (κ1) is 17.7. The summed E-state index contributed by atoms with van der Waals surface area (Å²) in [4.78, 5) is 0. The van der Waals surface area contributed by atoms with Gasteiger partial charge < -0.3 is 4.57 Å². The van der Waals surface area contributed by atoms with Crippen molar-refractivity contribution in [3.05, 3.63) is 102 Å². The summed E-state index contributed by atoms with van der Waals surface area (Å²) in [5, 5.41) is 21.3. The number of nitrogens with zero attached hydrogens (tertiary/aromatic N) is 3. The Labute approximate surface area is 172 Å². The second-order valence-corrected chi connectivity index (χ2v) is 7.02. The summed E-state index contributed by atoms with van der Waals surface area (Å²) in [7, 11) is 0. The van der Waals surface area contributed by atoms with Gasteiger partial charge in [0.15, 0.2) is 0 Å². The summed E-state index contributed by atoms with van der Waals surface area (Å²) >= 11 is 0. The molecule has 30 heavy (non-hydrogen) atoms. The van der Waals surface area contributed by atoms with Gasteiger partial charge in [-0.2, -0.15) is 10.5 Å². The molecule has 0 radical (unpaired) electrons. The number of fused-ring (bicyclic) bond motifs is 3. The predicted octanol–water partition coefficient (Wildman–Crippen LogP) is 6.33. The lowest BCUT2D eigenvalue weighted by atomic mass is 9.98. The Morgan fingerprint density at radius 3 is 2.00 bits per heavy atom. The molecule has 0 amide bonds. The smallest absolute Gasteiger partial charge is 0.125 e. The molecule has 1 aromatic heterocycles. The van der Waals surface area contributed by atoms with Gasteiger partial charge >= 0.3 is 0 Å². The Balaban J connectivity index is 1.95. The first-order valence-corrected chi connectivity index (χ1v) is 9.44. The van der Waals surface area contributed by atoms with Gasteiger partial charge in [-0.05, 0) is 42.0 Å². The molecule has 0 spiro atoms. The van der Waals surface area contributed by atoms with Crippen LogP contribution in [0.2, 0.25) is 0 Å². The lowest BCUT2D eigenvalue weighted by Gasteiger charge is -2.16. The summed E-state index contributed by atoms with van der Waals surface area (Å²) in [6.07, 6.45) is 0. The van der Waals surface area contributed by atoms with E-state index in [0.29, 0.717) is 22.4 Å². The van der Waals surface area contributed by atoms with Crippen LogP contribution in [-0.4, -0.2) is 4.57 Å². The largest absolute Gasteiger partial charge is 0.307 e. The van der Waals surface area contributed by atoms with E-state index in [2.05, 4.69) is 22.8 Å². The van der Waals surface area contributed by atoms with E-state index in [1.54, 1.807) is 18.2 Å². The van der Waals surface area contributed by atoms with Crippen molar-refractivity contribution in [3.63, 3.8) is 0 Å². The minimum absolute atomic E-state index is 0.237. The van der Waals surface area contributed by atoms with E-state index in [1.807, 2.05) is 48.5 Å². The first-order chi connectivity index (χ1) is 14.7. The van der Waals surface area contributed by atoms with Gasteiger partial charge in [0.05, 0.1) is 33.9 Å². The molecule has 0 atom stereocenters. The fraction of sp³-hybridized carbons (Fsp3) is 0. The van der Waals surface area contributed by atoms with Crippen molar-refractivity contribution >= 4 is 21.8 Å². The van der Waals surface area contributed by atoms with Crippen molar-refractivity contribution < 1.29 is 4.39 Å². The molecule has 0 saturated heterocycles. The van der Waals surface area contributed by atoms with Crippen LogP contribution in [0.15, 0.2) is 84.9 Å². The van der Waals surface area contributed by atoms with E-state index in [0.717, 1.165) is 21.8 Å². The number of benzene rings is 4. The van der Waals surface area contributed by atoms with E-state index in [9.17, 15) is 14.9 Å². The third-order valence-corrected chi connectivity index (χ3v) is 5.30. The number of para-hydroxylation sites is 3. The molecular weight excluding hydrogens is 373 g/mol. The topological polar surface area (TPSA) is 52.5 Å². The molecule has 0 N–H and O–H groups in total. The van der Waals surface area contributed by atoms with Gasteiger partial charge in [0, 0.05) is 16.3 Å². The fourth-order valence-corrected chi connectivity index (χ4v) is 4.08. The second-order valence-electron chi connectivity index (χ2n) is 7.02. The van der Waals surface area contributed by atoms with Crippen molar-refractivity contribution in [2.45, 2.75) is 0 Å². The number of hydrogen-bond acceptors (Lipinski definition) is 2. The monoisotopic (exact) mass is 387 g/mol. The van der Waals surface area contributed by atoms with Gasteiger partial charge in [-0.25, -0.2) is 4.39 Å². The molecular formula is C26H14FN3. The standard InChI is InChI=1S/C26H14FN3/c27-20-13-17(15-28)12-19(14-20)21-9-5-6-18(16-29)26(21)30-24-10-3-1-7-22(24)23-8-2-4-11-25(23)30/h1-14H. The molecule has 1 heterocycles. The molecule has 5 aromatic rings. The highest BCUT2D eigenvalue weighted by molar-refractivity contribution is 6.10. The summed E-state index contributed by atoms with van der Waals surface area (Å²) in [5.74, 6) is -0.486. The molecule has 0 aliphatic heterocycles. The van der Waals surface area contributed by atoms with Crippen LogP contribution in [-0.2, 0) is 0 Å². The third-order valence-electron chi connectivity index (χ3n) is 5.30. The normalized spacial score (nSPS) is 10.8. The minimum Gasteiger partial charge on any atom is -0.307 e. The number of hydrogen-bond donors (Lipinski definition) is 0. The molecule has 0 fully saturated rings. The van der Waals surface area contributed by atoms with Gasteiger partial charge in [0.1, 0.15) is 11.9 Å². The van der Waals surface area contributed by atoms with Gasteiger partial charge in [-0.15, -0.1) is 0 Å². The van der Waals surface area contributed by atoms with E-state index in [1.165, 1.54) is 12.1 Å². The number of rotatable bonds is 2. The van der Waals surface area contributed by atoms with Gasteiger partial charge in [-0.3, -0.25) is 0 Å². The predicted molar refractivity (Wildman–Crippen MR) is 116 cm³/mol. The Bertz CT molecular complexity index is 1480. The Morgan fingerprint density at radius 1 is 0.700 bits per heavy atom. The quantitative estimate of drug-likeness (QED) is 0.355. The van der Waals surface area contributed by atoms with E-state index < -0.39 is 5.82 Å². The van der Waals surface area contributed by atoms with Crippen LogP contribution in [0, 0.1) is 28.5 Å². The van der Waals surface area contributed by atoms with Crippen LogP contribution in [0.3, 0.4) is 0 Å². The lowest BCUT2D eigenvalue weighted by molar-refractivity contribution is 0.628. The van der Waals surface area contributed by atoms with Gasteiger partial charge in [0.2, 0.25) is 0 Å². The van der Waals surface area contributed by atoms with Crippen molar-refractivity contribution in [1.82, 2.24) is 4.57 Å². The molecule has 4 heteroatoms. The highest BCUT2D eigenvalue weighted by Gasteiger charge is 2.19. The number of nitriles is 2. The highest BCUT2D eigenvalue weighted by Crippen LogP contribution is 2.37. The molecule has 3 nitrogen and oxygen atoms in total. The van der Waals surface area contributed by atoms with Crippen molar-refractivity contribution in [2.24, 2.45) is 0 Å². The van der Waals surface area contributed by atoms with Crippen LogP contribution in [0.1, 0.15) is 11.1 Å². The molecule has 0 aliphatic carbocycles. The summed E-state index contributed by atoms with van der Waals surface area (Å²) in [5.41, 5.74) is 4.55. The van der Waals surface area contributed by atoms with Gasteiger partial charge in [0.25, 0.3) is 0 Å². The molecule has 5 rings (SSSR count). The Morgan fingerprint density at radius 2 is 1.37 bits per heavy atom. The van der Waals surface area contributed by atoms with E-state index in [-0.39, 0.29) is 5.56 Å². The van der Waals surface area contributed by atoms with Crippen LogP contribution >= 0.6 is 0 Å². The lowest BCUT2D eigenvalue weighted by Crippen LogP contribution is -2.01. The maximum Gasteiger partial charge on any atom is 0.125 e. The molecule has 4 aromatic carbocycles. The zero-order chi connectivity index (χ0) is 20.7. The average molecular weight is 387 g/mol. The summed E-state index contributed by atoms with van der Waals surface area (Å²) in [6, 6.07) is 30.0. The number of halogens is 1. The minimum atomic E-state index is -0.486. The second kappa shape index (κ2) is 6.88. The van der Waals surface area contributed by atoms with Gasteiger partial charge in [-0.1, -0.05) is 48.5 Å². The number of aromatic nitrogens is 1. The van der Waals surface area contributed by atoms with Crippen LogP contribution in [0.25, 0.3) is 38.6 Å². The molecule has 140 valence electrons. The van der Waals surface area contributed by atoms with E-state index in [4.69, 9.17) is 0 Å². The maximum atomic E-state index is 14.2. The summed E-state index contributed by atoms with van der Waals surface area (Å²) < 4.78 is 16.3. The SMILES string of the molecule is N#Cc1cc(F)cc(-c2cccc(C#N)c2-n2c3ccccc3c3ccccc32)c1. The first-order valence-electron chi connectivity index (χ1n) is 9.44. The Kier molecular flexibility index (Phi) is 4.05. The molecule has 0 saturated carbocycles. The molecule has 0 bridgehead atoms. The highest BCUT2D eigenvalue weighted by atomic mass is 19.1. The zero-order valence-electron chi connectivity index (χ0n) is 15.8. The zero-order valence-corrected chi connectivity index (χ0v) is 15.8. The van der Waals surface area contributed by atoms with E-state index >= 15 is 0 Å². The maximum absolute atomic E-state index is 14.2. The summed E-state index contributed by atoms with van der Waals surface area (Å²) in [6.45, 7) is 0.